The number of nitrogens with zero attached hydrogens (tertiary/aromatic N) is 5. The number of para-hydroxylation sites is 3. The molecule has 61 heavy (non-hydrogen) atoms. The Kier molecular flexibility index (Phi) is 31.7. The number of nitro benzene ring substituents is 3. The molecule has 3 aliphatic rings. The van der Waals surface area contributed by atoms with Crippen LogP contribution in [0.25, 0.3) is 0 Å². The summed E-state index contributed by atoms with van der Waals surface area (Å²) in [5.74, 6) is 0. The first kappa shape index (κ1) is 55.2. The molecule has 2 amide bonds. The van der Waals surface area contributed by atoms with Crippen LogP contribution in [0.2, 0.25) is 0 Å². The Morgan fingerprint density at radius 2 is 0.967 bits per heavy atom. The molecule has 20 nitrogen and oxygen atoms in total. The molecule has 3 atom stereocenters. The van der Waals surface area contributed by atoms with Crippen molar-refractivity contribution in [3.05, 3.63) is 121 Å². The van der Waals surface area contributed by atoms with Crippen molar-refractivity contribution in [3.8, 4) is 0 Å². The first-order valence-corrected chi connectivity index (χ1v) is 19.6. The van der Waals surface area contributed by atoms with E-state index in [1.807, 2.05) is 13.8 Å². The summed E-state index contributed by atoms with van der Waals surface area (Å²) < 4.78 is 25.0. The van der Waals surface area contributed by atoms with Gasteiger partial charge in [-0.05, 0) is 46.6 Å². The third kappa shape index (κ3) is 26.1. The summed E-state index contributed by atoms with van der Waals surface area (Å²) >= 11 is 0. The van der Waals surface area contributed by atoms with Crippen molar-refractivity contribution in [1.82, 2.24) is 15.1 Å². The Hall–Kier alpha value is -5.80. The van der Waals surface area contributed by atoms with E-state index < -0.39 is 14.8 Å². The standard InChI is InChI=1S/C8H15NO3.C7H13NO3.3C6H5NO2.C6H13NO.C2H6O/c1-3-12-7-4-5-9(6-7)8(10)11-2;1-10-6-3-4-8(5-6)7(9)11-2;3*8-7(9)6-4-2-1-3-5-6;1-2-8-6-3-4-7-5-6;1-2-3/h7H,3-6H2,1-2H3;6H,3-5H2,1-2H3;3*1-5H;6-7H,2-5H2,1H3;3H,2H2,1H3. The minimum Gasteiger partial charge on any atom is -0.453 e. The Labute approximate surface area is 357 Å². The molecule has 3 fully saturated rings. The third-order valence-electron chi connectivity index (χ3n) is 8.21. The van der Waals surface area contributed by atoms with E-state index in [4.69, 9.17) is 19.3 Å². The molecular weight excluding hydrogens is 800 g/mol. The van der Waals surface area contributed by atoms with Crippen LogP contribution in [0.5, 0.6) is 0 Å². The Balaban J connectivity index is 0.000000702. The first-order chi connectivity index (χ1) is 29.3. The van der Waals surface area contributed by atoms with Crippen LogP contribution in [0, 0.1) is 30.3 Å². The summed E-state index contributed by atoms with van der Waals surface area (Å²) in [5.41, 5.74) is 0.410. The number of nitrogens with one attached hydrogen (secondary N) is 1. The van der Waals surface area contributed by atoms with Crippen molar-refractivity contribution < 1.29 is 53.1 Å². The van der Waals surface area contributed by atoms with Gasteiger partial charge in [0.25, 0.3) is 17.1 Å². The number of hydrogen-bond donors (Lipinski definition) is 2. The van der Waals surface area contributed by atoms with Gasteiger partial charge in [-0.15, -0.1) is 0 Å². The number of carbonyl (C=O) groups is 2. The zero-order valence-corrected chi connectivity index (χ0v) is 35.9. The summed E-state index contributed by atoms with van der Waals surface area (Å²) in [6, 6.07) is 23.8. The average Bonchev–Trinajstić information content (AvgIpc) is 4.10. The number of aliphatic hydroxyl groups excluding tert-OH is 1. The van der Waals surface area contributed by atoms with Crippen LogP contribution in [0.4, 0.5) is 26.7 Å². The highest BCUT2D eigenvalue weighted by atomic mass is 16.6. The predicted molar refractivity (Wildman–Crippen MR) is 228 cm³/mol. The molecule has 3 saturated heterocycles. The number of nitro groups is 3. The van der Waals surface area contributed by atoms with Gasteiger partial charge in [0.2, 0.25) is 0 Å². The number of benzene rings is 3. The maximum absolute atomic E-state index is 11.0. The predicted octanol–water partition coefficient (Wildman–Crippen LogP) is 6.50. The fraction of sp³-hybridized carbons (Fsp3) is 0.512. The molecule has 0 spiro atoms. The van der Waals surface area contributed by atoms with E-state index in [0.29, 0.717) is 25.8 Å². The van der Waals surface area contributed by atoms with Crippen molar-refractivity contribution in [2.75, 3.05) is 80.4 Å². The number of aliphatic hydroxyl groups is 1. The Bertz CT molecular complexity index is 1490. The molecule has 3 unspecified atom stereocenters. The van der Waals surface area contributed by atoms with Gasteiger partial charge in [-0.25, -0.2) is 9.59 Å². The van der Waals surface area contributed by atoms with Crippen molar-refractivity contribution in [1.29, 1.82) is 0 Å². The SMILES string of the molecule is CCO.CCOC1CCN(C(=O)OC)C1.CCOC1CCNC1.COC(=O)N1CCC(OC)C1.O=[N+]([O-])c1ccccc1.O=[N+]([O-])c1ccccc1.O=[N+]([O-])c1ccccc1. The van der Waals surface area contributed by atoms with Crippen molar-refractivity contribution >= 4 is 29.2 Å². The smallest absolute Gasteiger partial charge is 0.409 e. The van der Waals surface area contributed by atoms with Crippen LogP contribution >= 0.6 is 0 Å². The largest absolute Gasteiger partial charge is 0.453 e. The third-order valence-corrected chi connectivity index (χ3v) is 8.21. The quantitative estimate of drug-likeness (QED) is 0.181. The number of non-ortho nitro benzene ring substituents is 3. The highest BCUT2D eigenvalue weighted by Gasteiger charge is 2.27. The highest BCUT2D eigenvalue weighted by Crippen LogP contribution is 2.14. The normalized spacial score (nSPS) is 16.8. The van der Waals surface area contributed by atoms with E-state index in [0.717, 1.165) is 45.6 Å². The molecule has 20 heteroatoms. The molecule has 0 saturated carbocycles. The Morgan fingerprint density at radius 3 is 1.23 bits per heavy atom. The number of likely N-dealkylation sites (tertiary alicyclic amines) is 2. The van der Waals surface area contributed by atoms with Crippen molar-refractivity contribution in [2.24, 2.45) is 0 Å². The molecular formula is C41H62N6O14. The van der Waals surface area contributed by atoms with E-state index in [2.05, 4.69) is 14.8 Å². The number of ether oxygens (including phenoxy) is 5. The summed E-state index contributed by atoms with van der Waals surface area (Å²) in [5, 5.41) is 40.8. The second-order valence-electron chi connectivity index (χ2n) is 12.5. The van der Waals surface area contributed by atoms with Crippen LogP contribution in [-0.2, 0) is 23.7 Å². The molecule has 2 N–H and O–H groups in total. The van der Waals surface area contributed by atoms with E-state index >= 15 is 0 Å². The van der Waals surface area contributed by atoms with Gasteiger partial charge in [0.15, 0.2) is 0 Å². The van der Waals surface area contributed by atoms with Gasteiger partial charge in [-0.3, -0.25) is 30.3 Å². The lowest BCUT2D eigenvalue weighted by Gasteiger charge is -2.14. The Morgan fingerprint density at radius 1 is 0.623 bits per heavy atom. The van der Waals surface area contributed by atoms with E-state index in [9.17, 15) is 39.9 Å². The minimum absolute atomic E-state index is 0.137. The topological polar surface area (TPSA) is 248 Å². The lowest BCUT2D eigenvalue weighted by atomic mass is 10.3. The maximum Gasteiger partial charge on any atom is 0.409 e. The second-order valence-corrected chi connectivity index (χ2v) is 12.5. The van der Waals surface area contributed by atoms with Crippen LogP contribution < -0.4 is 5.32 Å². The maximum atomic E-state index is 11.0. The van der Waals surface area contributed by atoms with Gasteiger partial charge in [-0.1, -0.05) is 54.6 Å². The van der Waals surface area contributed by atoms with Gasteiger partial charge in [0, 0.05) is 83.0 Å². The summed E-state index contributed by atoms with van der Waals surface area (Å²) in [6.45, 7) is 12.5. The molecule has 0 aliphatic carbocycles. The first-order valence-electron chi connectivity index (χ1n) is 19.6. The van der Waals surface area contributed by atoms with Crippen LogP contribution in [-0.4, -0.2) is 141 Å². The fourth-order valence-corrected chi connectivity index (χ4v) is 5.27. The molecule has 0 radical (unpaired) electrons. The summed E-state index contributed by atoms with van der Waals surface area (Å²) in [7, 11) is 4.45. The average molecular weight is 863 g/mol. The van der Waals surface area contributed by atoms with E-state index in [1.165, 1.54) is 57.0 Å². The number of hydrogen-bond acceptors (Lipinski definition) is 15. The molecule has 3 aromatic rings. The highest BCUT2D eigenvalue weighted by molar-refractivity contribution is 5.68. The lowest BCUT2D eigenvalue weighted by Crippen LogP contribution is -2.29. The van der Waals surface area contributed by atoms with Crippen LogP contribution in [0.15, 0.2) is 91.0 Å². The molecule has 340 valence electrons. The number of methoxy groups -OCH3 is 3. The molecule has 0 bridgehead atoms. The lowest BCUT2D eigenvalue weighted by molar-refractivity contribution is -0.385. The second kappa shape index (κ2) is 35.0. The number of amides is 2. The van der Waals surface area contributed by atoms with E-state index in [-0.39, 0.29) is 48.1 Å². The molecule has 3 heterocycles. The fourth-order valence-electron chi connectivity index (χ4n) is 5.27. The molecule has 3 aliphatic heterocycles. The minimum atomic E-state index is -0.417. The zero-order valence-electron chi connectivity index (χ0n) is 35.9. The van der Waals surface area contributed by atoms with Crippen LogP contribution in [0.1, 0.15) is 40.0 Å². The van der Waals surface area contributed by atoms with E-state index in [1.54, 1.807) is 78.4 Å². The molecule has 3 aromatic carbocycles. The van der Waals surface area contributed by atoms with Gasteiger partial charge < -0.3 is 43.9 Å². The zero-order chi connectivity index (χ0) is 45.8. The summed E-state index contributed by atoms with van der Waals surface area (Å²) in [6.07, 6.45) is 3.40. The van der Waals surface area contributed by atoms with Crippen molar-refractivity contribution in [3.63, 3.8) is 0 Å². The van der Waals surface area contributed by atoms with Gasteiger partial charge >= 0.3 is 12.2 Å². The molecule has 0 aromatic heterocycles. The van der Waals surface area contributed by atoms with Gasteiger partial charge in [0.1, 0.15) is 0 Å². The van der Waals surface area contributed by atoms with Crippen molar-refractivity contribution in [2.45, 2.75) is 58.3 Å². The van der Waals surface area contributed by atoms with Gasteiger partial charge in [0.05, 0.1) is 60.4 Å². The monoisotopic (exact) mass is 862 g/mol. The number of rotatable bonds is 8. The van der Waals surface area contributed by atoms with Crippen LogP contribution in [0.3, 0.4) is 0 Å². The number of carbonyl (C=O) groups excluding carboxylic acids is 2. The summed E-state index contributed by atoms with van der Waals surface area (Å²) in [4.78, 5) is 54.0. The van der Waals surface area contributed by atoms with Gasteiger partial charge in [-0.2, -0.15) is 0 Å². The molecule has 6 rings (SSSR count).